The van der Waals surface area contributed by atoms with Gasteiger partial charge in [-0.2, -0.15) is 0 Å². The number of benzene rings is 1. The SMILES string of the molecule is CCCc1nc2c(N)nc3ccccc3c2n1CCCCN. The highest BCUT2D eigenvalue weighted by atomic mass is 15.1. The minimum atomic E-state index is 0.517. The van der Waals surface area contributed by atoms with Crippen molar-refractivity contribution in [3.05, 3.63) is 30.1 Å². The highest BCUT2D eigenvalue weighted by Gasteiger charge is 2.16. The van der Waals surface area contributed by atoms with Gasteiger partial charge in [-0.3, -0.25) is 0 Å². The van der Waals surface area contributed by atoms with Crippen molar-refractivity contribution >= 4 is 27.8 Å². The second kappa shape index (κ2) is 6.32. The first-order chi connectivity index (χ1) is 10.8. The average molecular weight is 297 g/mol. The Kier molecular flexibility index (Phi) is 4.24. The topological polar surface area (TPSA) is 82.8 Å². The van der Waals surface area contributed by atoms with E-state index in [0.717, 1.165) is 66.5 Å². The van der Waals surface area contributed by atoms with Gasteiger partial charge in [0.1, 0.15) is 11.3 Å². The van der Waals surface area contributed by atoms with Crippen LogP contribution in [0.4, 0.5) is 5.82 Å². The van der Waals surface area contributed by atoms with Crippen LogP contribution in [0.15, 0.2) is 24.3 Å². The van der Waals surface area contributed by atoms with Crippen LogP contribution in [0.2, 0.25) is 0 Å². The van der Waals surface area contributed by atoms with Crippen LogP contribution in [-0.2, 0) is 13.0 Å². The number of nitrogen functional groups attached to an aromatic ring is 1. The van der Waals surface area contributed by atoms with Crippen LogP contribution in [0.5, 0.6) is 0 Å². The lowest BCUT2D eigenvalue weighted by molar-refractivity contribution is 0.599. The molecule has 2 aromatic heterocycles. The molecule has 3 rings (SSSR count). The molecule has 0 unspecified atom stereocenters. The molecule has 3 aromatic rings. The number of fused-ring (bicyclic) bond motifs is 3. The Balaban J connectivity index is 2.24. The van der Waals surface area contributed by atoms with Gasteiger partial charge in [-0.15, -0.1) is 0 Å². The summed E-state index contributed by atoms with van der Waals surface area (Å²) in [5, 5.41) is 1.12. The van der Waals surface area contributed by atoms with E-state index in [4.69, 9.17) is 16.5 Å². The fourth-order valence-electron chi connectivity index (χ4n) is 2.97. The summed E-state index contributed by atoms with van der Waals surface area (Å²) in [5.74, 6) is 1.61. The Morgan fingerprint density at radius 1 is 1.14 bits per heavy atom. The molecule has 1 aromatic carbocycles. The molecule has 0 spiro atoms. The zero-order valence-corrected chi connectivity index (χ0v) is 13.0. The normalized spacial score (nSPS) is 11.5. The standard InChI is InChI=1S/C17H23N5/c1-2-7-14-21-15-16(22(14)11-6-5-10-18)12-8-3-4-9-13(12)20-17(15)19/h3-4,8-9H,2,5-7,10-11,18H2,1H3,(H2,19,20). The van der Waals surface area contributed by atoms with Gasteiger partial charge in [0.2, 0.25) is 0 Å². The summed E-state index contributed by atoms with van der Waals surface area (Å²) in [6.07, 6.45) is 4.08. The van der Waals surface area contributed by atoms with Gasteiger partial charge < -0.3 is 16.0 Å². The van der Waals surface area contributed by atoms with E-state index in [1.807, 2.05) is 18.2 Å². The molecule has 0 amide bonds. The van der Waals surface area contributed by atoms with Crippen molar-refractivity contribution in [3.8, 4) is 0 Å². The van der Waals surface area contributed by atoms with Crippen molar-refractivity contribution in [2.75, 3.05) is 12.3 Å². The molecule has 0 atom stereocenters. The van der Waals surface area contributed by atoms with Crippen LogP contribution in [0, 0.1) is 0 Å². The van der Waals surface area contributed by atoms with Crippen molar-refractivity contribution in [2.45, 2.75) is 39.2 Å². The molecule has 5 nitrogen and oxygen atoms in total. The lowest BCUT2D eigenvalue weighted by atomic mass is 10.2. The summed E-state index contributed by atoms with van der Waals surface area (Å²) < 4.78 is 2.31. The molecule has 0 fully saturated rings. The highest BCUT2D eigenvalue weighted by Crippen LogP contribution is 2.29. The fraction of sp³-hybridized carbons (Fsp3) is 0.412. The molecule has 2 heterocycles. The van der Waals surface area contributed by atoms with Crippen LogP contribution in [0.25, 0.3) is 21.9 Å². The third kappa shape index (κ3) is 2.52. The number of hydrogen-bond acceptors (Lipinski definition) is 4. The summed E-state index contributed by atoms with van der Waals surface area (Å²) in [4.78, 5) is 9.27. The number of aromatic nitrogens is 3. The molecular weight excluding hydrogens is 274 g/mol. The Labute approximate surface area is 130 Å². The number of para-hydroxylation sites is 1. The van der Waals surface area contributed by atoms with Crippen molar-refractivity contribution in [1.82, 2.24) is 14.5 Å². The zero-order valence-electron chi connectivity index (χ0n) is 13.0. The van der Waals surface area contributed by atoms with Gasteiger partial charge in [0.05, 0.1) is 11.0 Å². The van der Waals surface area contributed by atoms with Crippen LogP contribution >= 0.6 is 0 Å². The molecule has 0 bridgehead atoms. The Bertz CT molecular complexity index is 790. The molecule has 22 heavy (non-hydrogen) atoms. The number of nitrogens with two attached hydrogens (primary N) is 2. The molecule has 0 saturated carbocycles. The first kappa shape index (κ1) is 14.8. The van der Waals surface area contributed by atoms with Crippen LogP contribution < -0.4 is 11.5 Å². The largest absolute Gasteiger partial charge is 0.382 e. The molecule has 0 aliphatic carbocycles. The van der Waals surface area contributed by atoms with E-state index in [-0.39, 0.29) is 0 Å². The summed E-state index contributed by atoms with van der Waals surface area (Å²) in [5.41, 5.74) is 14.7. The second-order valence-electron chi connectivity index (χ2n) is 5.64. The lowest BCUT2D eigenvalue weighted by Crippen LogP contribution is -2.07. The van der Waals surface area contributed by atoms with Crippen LogP contribution in [0.3, 0.4) is 0 Å². The van der Waals surface area contributed by atoms with Crippen molar-refractivity contribution in [2.24, 2.45) is 5.73 Å². The fourth-order valence-corrected chi connectivity index (χ4v) is 2.97. The number of nitrogens with zero attached hydrogens (tertiary/aromatic N) is 3. The summed E-state index contributed by atoms with van der Waals surface area (Å²) >= 11 is 0. The summed E-state index contributed by atoms with van der Waals surface area (Å²) in [7, 11) is 0. The van der Waals surface area contributed by atoms with Crippen LogP contribution in [-0.4, -0.2) is 21.1 Å². The third-order valence-corrected chi connectivity index (χ3v) is 4.00. The number of rotatable bonds is 6. The number of unbranched alkanes of at least 4 members (excludes halogenated alkanes) is 1. The van der Waals surface area contributed by atoms with E-state index in [2.05, 4.69) is 22.5 Å². The maximum atomic E-state index is 6.15. The van der Waals surface area contributed by atoms with Gasteiger partial charge in [-0.25, -0.2) is 9.97 Å². The Morgan fingerprint density at radius 2 is 1.95 bits per heavy atom. The first-order valence-electron chi connectivity index (χ1n) is 7.99. The molecule has 5 heteroatoms. The lowest BCUT2D eigenvalue weighted by Gasteiger charge is -2.10. The van der Waals surface area contributed by atoms with Gasteiger partial charge in [0.25, 0.3) is 0 Å². The minimum absolute atomic E-state index is 0.517. The molecule has 116 valence electrons. The van der Waals surface area contributed by atoms with Crippen molar-refractivity contribution in [1.29, 1.82) is 0 Å². The van der Waals surface area contributed by atoms with Gasteiger partial charge in [-0.05, 0) is 31.9 Å². The van der Waals surface area contributed by atoms with Gasteiger partial charge in [0.15, 0.2) is 5.82 Å². The number of pyridine rings is 1. The van der Waals surface area contributed by atoms with Crippen molar-refractivity contribution < 1.29 is 0 Å². The van der Waals surface area contributed by atoms with Gasteiger partial charge >= 0.3 is 0 Å². The number of imidazole rings is 1. The smallest absolute Gasteiger partial charge is 0.152 e. The molecule has 0 aliphatic rings. The molecule has 0 aliphatic heterocycles. The number of aryl methyl sites for hydroxylation is 2. The van der Waals surface area contributed by atoms with E-state index in [1.165, 1.54) is 0 Å². The van der Waals surface area contributed by atoms with Gasteiger partial charge in [-0.1, -0.05) is 25.1 Å². The van der Waals surface area contributed by atoms with E-state index < -0.39 is 0 Å². The van der Waals surface area contributed by atoms with Crippen LogP contribution in [0.1, 0.15) is 32.0 Å². The molecule has 0 radical (unpaired) electrons. The third-order valence-electron chi connectivity index (χ3n) is 4.00. The molecular formula is C17H23N5. The first-order valence-corrected chi connectivity index (χ1v) is 7.99. The van der Waals surface area contributed by atoms with Crippen molar-refractivity contribution in [3.63, 3.8) is 0 Å². The summed E-state index contributed by atoms with van der Waals surface area (Å²) in [6.45, 7) is 3.82. The maximum Gasteiger partial charge on any atom is 0.152 e. The summed E-state index contributed by atoms with van der Waals surface area (Å²) in [6, 6.07) is 8.13. The van der Waals surface area contributed by atoms with E-state index in [0.29, 0.717) is 5.82 Å². The predicted molar refractivity (Wildman–Crippen MR) is 91.7 cm³/mol. The quantitative estimate of drug-likeness (QED) is 0.685. The highest BCUT2D eigenvalue weighted by molar-refractivity contribution is 6.06. The second-order valence-corrected chi connectivity index (χ2v) is 5.64. The maximum absolute atomic E-state index is 6.15. The van der Waals surface area contributed by atoms with E-state index >= 15 is 0 Å². The van der Waals surface area contributed by atoms with E-state index in [9.17, 15) is 0 Å². The Morgan fingerprint density at radius 3 is 2.73 bits per heavy atom. The Hall–Kier alpha value is -2.14. The zero-order chi connectivity index (χ0) is 15.5. The van der Waals surface area contributed by atoms with Gasteiger partial charge in [0, 0.05) is 18.4 Å². The predicted octanol–water partition coefficient (Wildman–Crippen LogP) is 2.86. The average Bonchev–Trinajstić information content (AvgIpc) is 2.88. The molecule has 4 N–H and O–H groups in total. The van der Waals surface area contributed by atoms with E-state index in [1.54, 1.807) is 0 Å². The monoisotopic (exact) mass is 297 g/mol. The number of hydrogen-bond donors (Lipinski definition) is 2. The molecule has 0 saturated heterocycles. The number of anilines is 1. The minimum Gasteiger partial charge on any atom is -0.382 e.